The SMILES string of the molecule is CN/C(=C(/C#N)C1=C(F)C(F)NC(F)=C1C#N)c1cc2sc3c(sc4c5sc(/C(C=N)=C(\C#N)C6=C(F)C(F)NC(F)=C6F)cc5sc43)c2s1. The first-order chi connectivity index (χ1) is 24.0. The maximum atomic E-state index is 14.9. The molecule has 19 heteroatoms. The summed E-state index contributed by atoms with van der Waals surface area (Å²) in [6.45, 7) is 0. The summed E-state index contributed by atoms with van der Waals surface area (Å²) in [5.74, 6) is -8.20. The van der Waals surface area contributed by atoms with Crippen LogP contribution < -0.4 is 16.0 Å². The molecule has 7 rings (SSSR count). The molecule has 0 radical (unpaired) electrons. The van der Waals surface area contributed by atoms with Crippen molar-refractivity contribution in [1.29, 1.82) is 21.2 Å². The fourth-order valence-corrected chi connectivity index (χ4v) is 12.8. The van der Waals surface area contributed by atoms with Gasteiger partial charge in [0, 0.05) is 33.1 Å². The molecule has 4 N–H and O–H groups in total. The van der Waals surface area contributed by atoms with E-state index in [1.807, 2.05) is 0 Å². The molecule has 0 fully saturated rings. The van der Waals surface area contributed by atoms with Crippen molar-refractivity contribution in [2.24, 2.45) is 0 Å². The van der Waals surface area contributed by atoms with Crippen molar-refractivity contribution >= 4 is 112 Å². The third-order valence-corrected chi connectivity index (χ3v) is 14.4. The van der Waals surface area contributed by atoms with E-state index in [9.17, 15) is 46.5 Å². The van der Waals surface area contributed by atoms with Gasteiger partial charge in [-0.3, -0.25) is 0 Å². The Morgan fingerprint density at radius 2 is 1.26 bits per heavy atom. The Balaban J connectivity index is 1.36. The first-order valence-electron chi connectivity index (χ1n) is 13.7. The van der Waals surface area contributed by atoms with Gasteiger partial charge in [-0.15, -0.1) is 56.7 Å². The number of nitrogens with zero attached hydrogens (tertiary/aromatic N) is 3. The van der Waals surface area contributed by atoms with Gasteiger partial charge in [-0.05, 0) is 12.1 Å². The Kier molecular flexibility index (Phi) is 8.32. The second-order valence-electron chi connectivity index (χ2n) is 10.3. The zero-order chi connectivity index (χ0) is 35.8. The molecule has 0 saturated heterocycles. The van der Waals surface area contributed by atoms with E-state index in [1.165, 1.54) is 63.8 Å². The third kappa shape index (κ3) is 4.86. The van der Waals surface area contributed by atoms with Crippen LogP contribution in [0.25, 0.3) is 48.9 Å². The molecule has 0 amide bonds. The molecule has 50 heavy (non-hydrogen) atoms. The number of rotatable bonds is 6. The van der Waals surface area contributed by atoms with Crippen LogP contribution in [0.4, 0.5) is 30.7 Å². The molecule has 0 spiro atoms. The number of alkyl halides is 2. The van der Waals surface area contributed by atoms with Crippen molar-refractivity contribution in [3.05, 3.63) is 79.1 Å². The average molecular weight is 776 g/mol. The van der Waals surface area contributed by atoms with Crippen LogP contribution in [0.15, 0.2) is 69.4 Å². The van der Waals surface area contributed by atoms with Gasteiger partial charge in [0.05, 0.1) is 61.1 Å². The molecule has 2 aliphatic heterocycles. The molecule has 7 heterocycles. The molecule has 5 aromatic heterocycles. The topological polar surface area (TPSA) is 131 Å². The predicted molar refractivity (Wildman–Crippen MR) is 184 cm³/mol. The van der Waals surface area contributed by atoms with E-state index in [2.05, 4.69) is 5.32 Å². The van der Waals surface area contributed by atoms with E-state index in [1.54, 1.807) is 29.6 Å². The number of fused-ring (bicyclic) bond motifs is 7. The van der Waals surface area contributed by atoms with E-state index in [0.717, 1.165) is 48.9 Å². The summed E-state index contributed by atoms with van der Waals surface area (Å²) in [7, 11) is 1.45. The lowest BCUT2D eigenvalue weighted by Gasteiger charge is -2.20. The van der Waals surface area contributed by atoms with Gasteiger partial charge in [-0.25, -0.2) is 22.0 Å². The molecule has 5 aromatic rings. The highest BCUT2D eigenvalue weighted by Crippen LogP contribution is 2.54. The highest BCUT2D eigenvalue weighted by molar-refractivity contribution is 7.48. The normalized spacial score (nSPS) is 19.5. The average Bonchev–Trinajstić information content (AvgIpc) is 3.89. The van der Waals surface area contributed by atoms with Gasteiger partial charge < -0.3 is 21.4 Å². The van der Waals surface area contributed by atoms with E-state index >= 15 is 0 Å². The highest BCUT2D eigenvalue weighted by Gasteiger charge is 2.35. The summed E-state index contributed by atoms with van der Waals surface area (Å²) in [4.78, 5) is 0.712. The molecule has 7 nitrogen and oxygen atoms in total. The number of nitriles is 3. The molecule has 0 bridgehead atoms. The second kappa shape index (κ2) is 12.4. The van der Waals surface area contributed by atoms with Gasteiger partial charge in [0.1, 0.15) is 23.8 Å². The fourth-order valence-electron chi connectivity index (χ4n) is 5.46. The van der Waals surface area contributed by atoms with Crippen molar-refractivity contribution in [2.45, 2.75) is 12.6 Å². The van der Waals surface area contributed by atoms with E-state index in [0.29, 0.717) is 11.1 Å². The number of halogens is 7. The van der Waals surface area contributed by atoms with Gasteiger partial charge in [-0.1, -0.05) is 0 Å². The van der Waals surface area contributed by atoms with E-state index in [4.69, 9.17) is 5.41 Å². The standard InChI is InChI=1S/C31H12F7N7S5/c1-43-21(10(6-41)16-11(7-42)28(35)44-29(36)18(16)32)13-3-15-23(47-13)25-27(49-15)26-24(50-25)22-14(48-26)2-12(46-22)8(4-39)9(5-40)17-19(33)30(37)45-31(38)20(17)34/h2-4,29-30,39,43-45H,1H3/b9-8+,21-10-,39-4?. The molecule has 0 aliphatic carbocycles. The first kappa shape index (κ1) is 33.5. The molecular weight excluding hydrogens is 764 g/mol. The smallest absolute Gasteiger partial charge is 0.226 e. The van der Waals surface area contributed by atoms with Gasteiger partial charge in [-0.2, -0.15) is 24.6 Å². The fraction of sp³-hybridized carbons (Fsp3) is 0.0968. The largest absolute Gasteiger partial charge is 0.386 e. The van der Waals surface area contributed by atoms with E-state index in [-0.39, 0.29) is 16.1 Å². The Hall–Kier alpha value is -4.97. The number of nitrogens with one attached hydrogen (secondary N) is 4. The van der Waals surface area contributed by atoms with Crippen LogP contribution in [0.3, 0.4) is 0 Å². The lowest BCUT2D eigenvalue weighted by atomic mass is 9.94. The number of hydrogen-bond donors (Lipinski definition) is 4. The number of hydrogen-bond acceptors (Lipinski definition) is 12. The summed E-state index contributed by atoms with van der Waals surface area (Å²) in [6, 6.07) is 8.26. The quantitative estimate of drug-likeness (QED) is 0.0588. The van der Waals surface area contributed by atoms with Gasteiger partial charge in [0.15, 0.2) is 17.5 Å². The molecule has 0 aromatic carbocycles. The predicted octanol–water partition coefficient (Wildman–Crippen LogP) is 10.0. The monoisotopic (exact) mass is 775 g/mol. The highest BCUT2D eigenvalue weighted by atomic mass is 32.1. The third-order valence-electron chi connectivity index (χ3n) is 7.63. The minimum Gasteiger partial charge on any atom is -0.386 e. The summed E-state index contributed by atoms with van der Waals surface area (Å²) < 4.78 is 108. The van der Waals surface area contributed by atoms with Crippen LogP contribution in [0.2, 0.25) is 0 Å². The van der Waals surface area contributed by atoms with Crippen LogP contribution >= 0.6 is 56.7 Å². The molecule has 0 saturated carbocycles. The van der Waals surface area contributed by atoms with Crippen molar-refractivity contribution in [3.8, 4) is 18.2 Å². The maximum absolute atomic E-state index is 14.9. The van der Waals surface area contributed by atoms with Crippen molar-refractivity contribution in [3.63, 3.8) is 0 Å². The van der Waals surface area contributed by atoms with Crippen LogP contribution in [-0.2, 0) is 0 Å². The summed E-state index contributed by atoms with van der Waals surface area (Å²) in [5, 5.41) is 43.0. The minimum atomic E-state index is -2.72. The van der Waals surface area contributed by atoms with Crippen molar-refractivity contribution < 1.29 is 30.7 Å². The Bertz CT molecular complexity index is 2690. The molecule has 250 valence electrons. The van der Waals surface area contributed by atoms with Crippen LogP contribution in [0.5, 0.6) is 0 Å². The van der Waals surface area contributed by atoms with Crippen LogP contribution in [0, 0.1) is 39.4 Å². The minimum absolute atomic E-state index is 0.0577. The molecule has 2 aliphatic rings. The summed E-state index contributed by atoms with van der Waals surface area (Å²) >= 11 is 6.62. The van der Waals surface area contributed by atoms with Crippen LogP contribution in [-0.4, -0.2) is 25.9 Å². The maximum Gasteiger partial charge on any atom is 0.226 e. The lowest BCUT2D eigenvalue weighted by molar-refractivity contribution is 0.254. The second-order valence-corrected chi connectivity index (χ2v) is 15.5. The van der Waals surface area contributed by atoms with Crippen molar-refractivity contribution in [1.82, 2.24) is 16.0 Å². The molecular formula is C31H12F7N7S5. The van der Waals surface area contributed by atoms with E-state index < -0.39 is 69.8 Å². The molecule has 2 unspecified atom stereocenters. The number of dihydropyridines is 2. The van der Waals surface area contributed by atoms with Gasteiger partial charge in [0.25, 0.3) is 0 Å². The van der Waals surface area contributed by atoms with Gasteiger partial charge in [0.2, 0.25) is 24.5 Å². The first-order valence-corrected chi connectivity index (χ1v) is 17.8. The zero-order valence-electron chi connectivity index (χ0n) is 24.4. The summed E-state index contributed by atoms with van der Waals surface area (Å²) in [6.07, 6.45) is -4.61. The van der Waals surface area contributed by atoms with Gasteiger partial charge >= 0.3 is 0 Å². The number of thiophene rings is 5. The van der Waals surface area contributed by atoms with Crippen LogP contribution in [0.1, 0.15) is 9.75 Å². The zero-order valence-corrected chi connectivity index (χ0v) is 28.5. The number of allylic oxidation sites excluding steroid dienone is 7. The van der Waals surface area contributed by atoms with Crippen molar-refractivity contribution in [2.75, 3.05) is 7.05 Å². The Labute approximate surface area is 295 Å². The summed E-state index contributed by atoms with van der Waals surface area (Å²) in [5.41, 5.74) is -4.21. The molecule has 2 atom stereocenters. The lowest BCUT2D eigenvalue weighted by Crippen LogP contribution is -2.30. The Morgan fingerprint density at radius 3 is 1.80 bits per heavy atom. The Morgan fingerprint density at radius 1 is 0.740 bits per heavy atom.